The van der Waals surface area contributed by atoms with Crippen LogP contribution in [-0.2, 0) is 10.0 Å². The van der Waals surface area contributed by atoms with Gasteiger partial charge in [-0.2, -0.15) is 0 Å². The monoisotopic (exact) mass is 522 g/mol. The lowest BCUT2D eigenvalue weighted by Crippen LogP contribution is -2.54. The summed E-state index contributed by atoms with van der Waals surface area (Å²) in [5.41, 5.74) is 0.266. The van der Waals surface area contributed by atoms with Gasteiger partial charge in [-0.15, -0.1) is 0 Å². The van der Waals surface area contributed by atoms with Crippen molar-refractivity contribution >= 4 is 41.9 Å². The van der Waals surface area contributed by atoms with E-state index in [0.717, 1.165) is 25.2 Å². The number of nitrogens with one attached hydrogen (secondary N) is 2. The average Bonchev–Trinajstić information content (AvgIpc) is 3.18. The van der Waals surface area contributed by atoms with E-state index >= 15 is 0 Å². The molecular formula is C19H28Br2N2O3S. The highest BCUT2D eigenvalue weighted by Gasteiger charge is 2.49. The van der Waals surface area contributed by atoms with Gasteiger partial charge in [-0.1, -0.05) is 19.8 Å². The summed E-state index contributed by atoms with van der Waals surface area (Å²) in [5.74, 6) is 1.38. The molecule has 0 aromatic heterocycles. The lowest BCUT2D eigenvalue weighted by molar-refractivity contribution is 0.185. The van der Waals surface area contributed by atoms with Crippen LogP contribution < -0.4 is 14.8 Å². The van der Waals surface area contributed by atoms with E-state index in [-0.39, 0.29) is 16.5 Å². The van der Waals surface area contributed by atoms with Crippen molar-refractivity contribution in [3.05, 3.63) is 21.1 Å². The third-order valence-electron chi connectivity index (χ3n) is 5.84. The number of rotatable bonds is 10. The Kier molecular flexibility index (Phi) is 6.94. The Hall–Kier alpha value is -0.150. The largest absolute Gasteiger partial charge is 0.496 e. The van der Waals surface area contributed by atoms with Crippen LogP contribution in [0.4, 0.5) is 0 Å². The molecule has 1 aromatic rings. The van der Waals surface area contributed by atoms with Gasteiger partial charge in [0.25, 0.3) is 0 Å². The molecule has 0 spiro atoms. The first-order valence-electron chi connectivity index (χ1n) is 9.59. The molecule has 1 unspecified atom stereocenters. The number of unbranched alkanes of at least 4 members (excludes halogenated alkanes) is 1. The van der Waals surface area contributed by atoms with Crippen LogP contribution in [0.3, 0.4) is 0 Å². The predicted molar refractivity (Wildman–Crippen MR) is 115 cm³/mol. The molecule has 2 N–H and O–H groups in total. The molecule has 5 nitrogen and oxygen atoms in total. The second-order valence-electron chi connectivity index (χ2n) is 7.85. The lowest BCUT2D eigenvalue weighted by atomic mass is 9.77. The van der Waals surface area contributed by atoms with Gasteiger partial charge in [0.1, 0.15) is 5.75 Å². The zero-order valence-corrected chi connectivity index (χ0v) is 19.8. The Morgan fingerprint density at radius 2 is 2.04 bits per heavy atom. The van der Waals surface area contributed by atoms with Gasteiger partial charge in [0.15, 0.2) is 0 Å². The summed E-state index contributed by atoms with van der Waals surface area (Å²) in [5, 5.41) is 3.68. The van der Waals surface area contributed by atoms with Crippen molar-refractivity contribution in [1.82, 2.24) is 10.0 Å². The van der Waals surface area contributed by atoms with E-state index in [0.29, 0.717) is 21.2 Å². The van der Waals surface area contributed by atoms with Crippen LogP contribution in [0.1, 0.15) is 51.9 Å². The first kappa shape index (κ1) is 21.6. The Bertz CT molecular complexity index is 774. The number of fused-ring (bicyclic) bond motifs is 1. The maximum Gasteiger partial charge on any atom is 0.242 e. The Morgan fingerprint density at radius 1 is 1.30 bits per heavy atom. The highest BCUT2D eigenvalue weighted by Crippen LogP contribution is 2.51. The minimum Gasteiger partial charge on any atom is -0.496 e. The third-order valence-corrected chi connectivity index (χ3v) is 8.94. The van der Waals surface area contributed by atoms with Gasteiger partial charge in [-0.3, -0.25) is 0 Å². The molecule has 3 fully saturated rings. The molecule has 0 saturated heterocycles. The lowest BCUT2D eigenvalue weighted by Gasteiger charge is -2.40. The van der Waals surface area contributed by atoms with Crippen LogP contribution in [0.5, 0.6) is 5.75 Å². The number of hydrogen-bond donors (Lipinski definition) is 2. The molecule has 3 saturated carbocycles. The fourth-order valence-corrected chi connectivity index (χ4v) is 7.46. The predicted octanol–water partition coefficient (Wildman–Crippen LogP) is 4.59. The van der Waals surface area contributed by atoms with Crippen molar-refractivity contribution in [2.24, 2.45) is 5.92 Å². The van der Waals surface area contributed by atoms with Gasteiger partial charge in [0.05, 0.1) is 16.5 Å². The summed E-state index contributed by atoms with van der Waals surface area (Å²) in [7, 11) is -2.13. The molecule has 0 amide bonds. The number of benzene rings is 1. The van der Waals surface area contributed by atoms with E-state index in [2.05, 4.69) is 48.8 Å². The quantitative estimate of drug-likeness (QED) is 0.470. The van der Waals surface area contributed by atoms with Crippen LogP contribution in [0.15, 0.2) is 26.0 Å². The Labute approximate surface area is 179 Å². The summed E-state index contributed by atoms with van der Waals surface area (Å²) in [6, 6.07) is 3.14. The van der Waals surface area contributed by atoms with E-state index < -0.39 is 10.0 Å². The van der Waals surface area contributed by atoms with Crippen molar-refractivity contribution in [2.45, 2.75) is 68.3 Å². The molecule has 1 aromatic carbocycles. The molecule has 152 valence electrons. The third kappa shape index (κ3) is 4.89. The topological polar surface area (TPSA) is 67.4 Å². The average molecular weight is 524 g/mol. The Morgan fingerprint density at radius 3 is 2.63 bits per heavy atom. The molecule has 2 bridgehead atoms. The van der Waals surface area contributed by atoms with Gasteiger partial charge in [0.2, 0.25) is 10.0 Å². The van der Waals surface area contributed by atoms with E-state index in [1.165, 1.54) is 32.8 Å². The summed E-state index contributed by atoms with van der Waals surface area (Å²) in [6.07, 6.45) is 7.89. The van der Waals surface area contributed by atoms with E-state index in [9.17, 15) is 8.42 Å². The molecule has 0 aliphatic heterocycles. The number of methoxy groups -OCH3 is 1. The van der Waals surface area contributed by atoms with Gasteiger partial charge < -0.3 is 10.1 Å². The second kappa shape index (κ2) is 8.69. The van der Waals surface area contributed by atoms with E-state index in [1.807, 2.05) is 0 Å². The summed E-state index contributed by atoms with van der Waals surface area (Å²) in [4.78, 5) is 0.201. The molecule has 4 rings (SSSR count). The molecule has 3 aliphatic carbocycles. The number of halogens is 2. The zero-order chi connectivity index (χ0) is 19.7. The molecule has 27 heavy (non-hydrogen) atoms. The summed E-state index contributed by atoms with van der Waals surface area (Å²) in [6.45, 7) is 2.80. The van der Waals surface area contributed by atoms with Gasteiger partial charge in [-0.05, 0) is 75.9 Å². The van der Waals surface area contributed by atoms with Crippen LogP contribution in [0, 0.1) is 5.92 Å². The minimum absolute atomic E-state index is 0.120. The highest BCUT2D eigenvalue weighted by atomic mass is 79.9. The van der Waals surface area contributed by atoms with Crippen molar-refractivity contribution in [3.63, 3.8) is 0 Å². The summed E-state index contributed by atoms with van der Waals surface area (Å²) < 4.78 is 35.5. The maximum absolute atomic E-state index is 13.1. The van der Waals surface area contributed by atoms with Crippen molar-refractivity contribution in [1.29, 1.82) is 0 Å². The maximum atomic E-state index is 13.1. The first-order chi connectivity index (χ1) is 12.8. The molecule has 1 atom stereocenters. The van der Waals surface area contributed by atoms with Crippen LogP contribution in [-0.4, -0.2) is 33.7 Å². The van der Waals surface area contributed by atoms with Gasteiger partial charge >= 0.3 is 0 Å². The van der Waals surface area contributed by atoms with Gasteiger partial charge in [0, 0.05) is 28.7 Å². The molecular weight excluding hydrogens is 496 g/mol. The van der Waals surface area contributed by atoms with Gasteiger partial charge in [-0.25, -0.2) is 13.1 Å². The molecule has 3 aliphatic rings. The zero-order valence-electron chi connectivity index (χ0n) is 15.9. The van der Waals surface area contributed by atoms with Crippen LogP contribution >= 0.6 is 31.9 Å². The smallest absolute Gasteiger partial charge is 0.242 e. The van der Waals surface area contributed by atoms with Crippen molar-refractivity contribution in [2.75, 3.05) is 13.7 Å². The number of sulfonamides is 1. The molecule has 0 heterocycles. The first-order valence-corrected chi connectivity index (χ1v) is 12.7. The SMILES string of the molecule is CCCCC(CNC12CCC(C1)C2)NS(=O)(=O)c1cc(OC)c(Br)cc1Br. The summed E-state index contributed by atoms with van der Waals surface area (Å²) >= 11 is 6.76. The van der Waals surface area contributed by atoms with Crippen LogP contribution in [0.25, 0.3) is 0 Å². The van der Waals surface area contributed by atoms with Crippen molar-refractivity contribution < 1.29 is 13.2 Å². The minimum atomic E-state index is -3.66. The second-order valence-corrected chi connectivity index (χ2v) is 11.2. The Balaban J connectivity index is 1.73. The molecule has 8 heteroatoms. The highest BCUT2D eigenvalue weighted by molar-refractivity contribution is 9.11. The van der Waals surface area contributed by atoms with Crippen LogP contribution in [0.2, 0.25) is 0 Å². The van der Waals surface area contributed by atoms with E-state index in [4.69, 9.17) is 4.74 Å². The standard InChI is InChI=1S/C19H28Br2N2O3S/c1-3-4-5-14(12-22-19-7-6-13(10-19)11-19)23-27(24,25)18-9-17(26-2)15(20)8-16(18)21/h8-9,13-14,22-23H,3-7,10-12H2,1-2H3. The molecule has 0 radical (unpaired) electrons. The number of hydrogen-bond acceptors (Lipinski definition) is 4. The normalized spacial score (nSPS) is 25.3. The van der Waals surface area contributed by atoms with E-state index in [1.54, 1.807) is 12.1 Å². The fraction of sp³-hybridized carbons (Fsp3) is 0.684. The van der Waals surface area contributed by atoms with Crippen molar-refractivity contribution in [3.8, 4) is 5.75 Å². The fourth-order valence-electron chi connectivity index (χ4n) is 4.32. The number of ether oxygens (including phenoxy) is 1.